The molecule has 3 saturated carbocycles. The summed E-state index contributed by atoms with van der Waals surface area (Å²) in [7, 11) is 0. The lowest BCUT2D eigenvalue weighted by molar-refractivity contribution is -0.0915. The zero-order valence-corrected chi connectivity index (χ0v) is 16.4. The van der Waals surface area contributed by atoms with Crippen LogP contribution in [0.25, 0.3) is 0 Å². The van der Waals surface area contributed by atoms with Gasteiger partial charge in [-0.15, -0.1) is 11.6 Å². The molecule has 2 heteroatoms. The molecule has 0 unspecified atom stereocenters. The normalized spacial score (nSPS) is 47.8. The Kier molecular flexibility index (Phi) is 4.37. The number of halogens is 1. The van der Waals surface area contributed by atoms with Crippen LogP contribution >= 0.6 is 11.6 Å². The predicted molar refractivity (Wildman–Crippen MR) is 104 cm³/mol. The van der Waals surface area contributed by atoms with Crippen molar-refractivity contribution in [2.24, 2.45) is 28.6 Å². The Morgan fingerprint density at radius 1 is 1.20 bits per heavy atom. The van der Waals surface area contributed by atoms with Crippen molar-refractivity contribution in [3.05, 3.63) is 23.8 Å². The van der Waals surface area contributed by atoms with E-state index in [1.165, 1.54) is 19.3 Å². The van der Waals surface area contributed by atoms with Gasteiger partial charge in [-0.2, -0.15) is 0 Å². The summed E-state index contributed by atoms with van der Waals surface area (Å²) in [6, 6.07) is 0. The Labute approximate surface area is 157 Å². The van der Waals surface area contributed by atoms with Crippen LogP contribution in [0.3, 0.4) is 0 Å². The van der Waals surface area contributed by atoms with Gasteiger partial charge >= 0.3 is 0 Å². The van der Waals surface area contributed by atoms with Gasteiger partial charge in [0.25, 0.3) is 0 Å². The third kappa shape index (κ3) is 2.48. The molecule has 0 bridgehead atoms. The van der Waals surface area contributed by atoms with E-state index < -0.39 is 5.60 Å². The van der Waals surface area contributed by atoms with Crippen molar-refractivity contribution in [2.45, 2.75) is 70.8 Å². The highest BCUT2D eigenvalue weighted by molar-refractivity contribution is 6.18. The van der Waals surface area contributed by atoms with Gasteiger partial charge < -0.3 is 5.11 Å². The maximum Gasteiger partial charge on any atom is 0.131 e. The minimum atomic E-state index is -0.811. The predicted octanol–water partition coefficient (Wildman–Crippen LogP) is 5.48. The maximum atomic E-state index is 11.4. The van der Waals surface area contributed by atoms with E-state index in [0.29, 0.717) is 18.2 Å². The van der Waals surface area contributed by atoms with Gasteiger partial charge in [-0.3, -0.25) is 0 Å². The van der Waals surface area contributed by atoms with E-state index in [2.05, 4.69) is 43.9 Å². The average Bonchev–Trinajstić information content (AvgIpc) is 2.86. The summed E-state index contributed by atoms with van der Waals surface area (Å²) in [6.07, 6.45) is 15.9. The van der Waals surface area contributed by atoms with E-state index in [0.717, 1.165) is 37.5 Å². The van der Waals surface area contributed by atoms with Crippen molar-refractivity contribution >= 4 is 11.6 Å². The molecular formula is C23H31ClO. The van der Waals surface area contributed by atoms with Crippen molar-refractivity contribution in [3.63, 3.8) is 0 Å². The van der Waals surface area contributed by atoms with Crippen molar-refractivity contribution in [1.82, 2.24) is 0 Å². The molecule has 0 spiro atoms. The number of fused-ring (bicyclic) bond motifs is 5. The smallest absolute Gasteiger partial charge is 0.131 e. The van der Waals surface area contributed by atoms with Gasteiger partial charge in [-0.1, -0.05) is 49.5 Å². The Morgan fingerprint density at radius 2 is 2.00 bits per heavy atom. The zero-order valence-electron chi connectivity index (χ0n) is 15.7. The molecule has 1 N–H and O–H groups in total. The quantitative estimate of drug-likeness (QED) is 0.374. The number of hydrogen-bond acceptors (Lipinski definition) is 1. The molecule has 4 aliphatic carbocycles. The molecule has 4 rings (SSSR count). The van der Waals surface area contributed by atoms with E-state index in [4.69, 9.17) is 11.6 Å². The third-order valence-corrected chi connectivity index (χ3v) is 8.47. The Bertz CT molecular complexity index is 667. The molecule has 3 fully saturated rings. The molecule has 0 aromatic heterocycles. The molecule has 1 nitrogen and oxygen atoms in total. The highest BCUT2D eigenvalue weighted by Gasteiger charge is 2.63. The van der Waals surface area contributed by atoms with Crippen LogP contribution in [0.15, 0.2) is 23.8 Å². The average molecular weight is 359 g/mol. The van der Waals surface area contributed by atoms with E-state index in [-0.39, 0.29) is 10.8 Å². The molecule has 136 valence electrons. The third-order valence-electron chi connectivity index (χ3n) is 8.28. The van der Waals surface area contributed by atoms with Gasteiger partial charge in [0, 0.05) is 23.1 Å². The van der Waals surface area contributed by atoms with Gasteiger partial charge in [0.1, 0.15) is 5.60 Å². The van der Waals surface area contributed by atoms with Gasteiger partial charge in [0.2, 0.25) is 0 Å². The summed E-state index contributed by atoms with van der Waals surface area (Å²) < 4.78 is 0. The lowest BCUT2D eigenvalue weighted by Crippen LogP contribution is -2.53. The van der Waals surface area contributed by atoms with Crippen molar-refractivity contribution in [2.75, 3.05) is 5.88 Å². The van der Waals surface area contributed by atoms with Gasteiger partial charge in [-0.05, 0) is 62.7 Å². The summed E-state index contributed by atoms with van der Waals surface area (Å²) in [6.45, 7) is 4.79. The van der Waals surface area contributed by atoms with Crippen molar-refractivity contribution in [3.8, 4) is 11.8 Å². The first-order valence-electron chi connectivity index (χ1n) is 10.1. The summed E-state index contributed by atoms with van der Waals surface area (Å²) >= 11 is 5.78. The lowest BCUT2D eigenvalue weighted by atomic mass is 9.47. The first kappa shape index (κ1) is 17.7. The lowest BCUT2D eigenvalue weighted by Gasteiger charge is -2.57. The number of aliphatic hydroxyl groups is 1. The second kappa shape index (κ2) is 6.17. The van der Waals surface area contributed by atoms with E-state index in [1.807, 2.05) is 0 Å². The van der Waals surface area contributed by atoms with Crippen molar-refractivity contribution < 1.29 is 5.11 Å². The molecule has 6 atom stereocenters. The first-order chi connectivity index (χ1) is 11.9. The van der Waals surface area contributed by atoms with Crippen LogP contribution in [0.2, 0.25) is 0 Å². The number of allylic oxidation sites excluding steroid dienone is 4. The molecule has 0 aromatic carbocycles. The molecule has 0 amide bonds. The SMILES string of the molecule is C[C@]12C=CCC=C1CC[C@@H]1[C@@H]2CC[C@@]2(C)[C@H]1CC[C@@]2(O)C#CCCCl. The van der Waals surface area contributed by atoms with E-state index in [1.54, 1.807) is 5.57 Å². The molecule has 0 radical (unpaired) electrons. The fourth-order valence-corrected chi connectivity index (χ4v) is 6.91. The molecule has 0 heterocycles. The maximum absolute atomic E-state index is 11.4. The molecule has 0 aliphatic heterocycles. The van der Waals surface area contributed by atoms with Gasteiger partial charge in [0.15, 0.2) is 0 Å². The topological polar surface area (TPSA) is 20.2 Å². The summed E-state index contributed by atoms with van der Waals surface area (Å²) in [5.74, 6) is 9.03. The van der Waals surface area contributed by atoms with Crippen LogP contribution in [0, 0.1) is 40.4 Å². The number of hydrogen-bond donors (Lipinski definition) is 1. The summed E-state index contributed by atoms with van der Waals surface area (Å²) in [5.41, 5.74) is 1.07. The fourth-order valence-electron chi connectivity index (χ4n) is 6.82. The number of alkyl halides is 1. The highest BCUT2D eigenvalue weighted by Crippen LogP contribution is 2.66. The van der Waals surface area contributed by atoms with E-state index in [9.17, 15) is 5.11 Å². The van der Waals surface area contributed by atoms with Crippen LogP contribution in [0.1, 0.15) is 65.2 Å². The van der Waals surface area contributed by atoms with Crippen LogP contribution in [-0.2, 0) is 0 Å². The largest absolute Gasteiger partial charge is 0.377 e. The number of rotatable bonds is 1. The monoisotopic (exact) mass is 358 g/mol. The molecular weight excluding hydrogens is 328 g/mol. The highest BCUT2D eigenvalue weighted by atomic mass is 35.5. The fraction of sp³-hybridized carbons (Fsp3) is 0.739. The summed E-state index contributed by atoms with van der Waals surface area (Å²) in [5, 5.41) is 11.4. The minimum absolute atomic E-state index is 0.0521. The zero-order chi connectivity index (χ0) is 17.7. The molecule has 4 aliphatic rings. The molecule has 25 heavy (non-hydrogen) atoms. The first-order valence-corrected chi connectivity index (χ1v) is 10.6. The second-order valence-electron chi connectivity index (χ2n) is 9.16. The van der Waals surface area contributed by atoms with Gasteiger partial charge in [-0.25, -0.2) is 0 Å². The summed E-state index contributed by atoms with van der Waals surface area (Å²) in [4.78, 5) is 0. The second-order valence-corrected chi connectivity index (χ2v) is 9.54. The van der Waals surface area contributed by atoms with Crippen molar-refractivity contribution in [1.29, 1.82) is 0 Å². The van der Waals surface area contributed by atoms with E-state index >= 15 is 0 Å². The van der Waals surface area contributed by atoms with Crippen LogP contribution in [-0.4, -0.2) is 16.6 Å². The standard InChI is InChI=1S/C23H31ClO/c1-21-12-4-3-7-17(21)8-9-18-19(21)10-14-22(2)20(18)11-15-23(22,25)13-5-6-16-24/h4,7,12,18-20,25H,3,6,8-11,14-16H2,1-2H3/t18-,19+,20+,21+,22+,23+/m1/s1. The Balaban J connectivity index is 1.64. The van der Waals surface area contributed by atoms with Crippen LogP contribution in [0.5, 0.6) is 0 Å². The molecule has 0 saturated heterocycles. The Morgan fingerprint density at radius 3 is 2.80 bits per heavy atom. The minimum Gasteiger partial charge on any atom is -0.377 e. The van der Waals surface area contributed by atoms with Crippen LogP contribution in [0.4, 0.5) is 0 Å². The molecule has 0 aromatic rings. The van der Waals surface area contributed by atoms with Gasteiger partial charge in [0.05, 0.1) is 0 Å². The van der Waals surface area contributed by atoms with Crippen LogP contribution < -0.4 is 0 Å². The Hall–Kier alpha value is -0.710.